The van der Waals surface area contributed by atoms with Crippen molar-refractivity contribution in [1.82, 2.24) is 0 Å². The summed E-state index contributed by atoms with van der Waals surface area (Å²) in [6.07, 6.45) is 0.197. The van der Waals surface area contributed by atoms with E-state index < -0.39 is 6.10 Å². The molecule has 76 valence electrons. The highest BCUT2D eigenvalue weighted by Crippen LogP contribution is 2.25. The summed E-state index contributed by atoms with van der Waals surface area (Å²) in [7, 11) is 0. The van der Waals surface area contributed by atoms with Crippen molar-refractivity contribution in [2.45, 2.75) is 26.4 Å². The summed E-state index contributed by atoms with van der Waals surface area (Å²) >= 11 is 3.40. The largest absolute Gasteiger partial charge is 0.388 e. The van der Waals surface area contributed by atoms with Crippen molar-refractivity contribution in [3.8, 4) is 0 Å². The number of benzene rings is 1. The van der Waals surface area contributed by atoms with Crippen LogP contribution in [-0.4, -0.2) is 5.11 Å². The quantitative estimate of drug-likeness (QED) is 0.815. The molecule has 1 N–H and O–H groups in total. The first kappa shape index (κ1) is 11.5. The first-order chi connectivity index (χ1) is 6.50. The molecule has 0 radical (unpaired) electrons. The van der Waals surface area contributed by atoms with Crippen molar-refractivity contribution in [2.24, 2.45) is 0 Å². The van der Waals surface area contributed by atoms with Gasteiger partial charge in [0.05, 0.1) is 6.10 Å². The Balaban J connectivity index is 2.90. The van der Waals surface area contributed by atoms with E-state index in [1.54, 1.807) is 0 Å². The standard InChI is InChI=1S/C12H15BrO/c1-8(2)6-12(14)11-5-4-10(13)7-9(11)3/h4-5,7,12,14H,1,6H2,2-3H3. The molecule has 1 aromatic carbocycles. The smallest absolute Gasteiger partial charge is 0.0829 e. The number of aryl methyl sites for hydroxylation is 1. The van der Waals surface area contributed by atoms with E-state index in [0.717, 1.165) is 21.2 Å². The summed E-state index contributed by atoms with van der Waals surface area (Å²) in [6, 6.07) is 5.91. The molecule has 0 aliphatic carbocycles. The second-order valence-corrected chi connectivity index (χ2v) is 4.59. The Labute approximate surface area is 93.6 Å². The van der Waals surface area contributed by atoms with Crippen molar-refractivity contribution < 1.29 is 5.11 Å². The van der Waals surface area contributed by atoms with Gasteiger partial charge in [0, 0.05) is 4.47 Å². The Morgan fingerprint density at radius 3 is 2.71 bits per heavy atom. The Bertz CT molecular complexity index is 344. The van der Waals surface area contributed by atoms with Gasteiger partial charge in [-0.15, -0.1) is 6.58 Å². The molecule has 0 fully saturated rings. The lowest BCUT2D eigenvalue weighted by Gasteiger charge is -2.13. The molecule has 0 heterocycles. The number of rotatable bonds is 3. The van der Waals surface area contributed by atoms with Crippen molar-refractivity contribution in [1.29, 1.82) is 0 Å². The maximum Gasteiger partial charge on any atom is 0.0829 e. The third-order valence-electron chi connectivity index (χ3n) is 2.13. The summed E-state index contributed by atoms with van der Waals surface area (Å²) in [4.78, 5) is 0. The molecule has 0 aliphatic heterocycles. The van der Waals surface area contributed by atoms with Crippen LogP contribution in [0.3, 0.4) is 0 Å². The van der Waals surface area contributed by atoms with Gasteiger partial charge >= 0.3 is 0 Å². The molecule has 0 aliphatic rings. The van der Waals surface area contributed by atoms with Gasteiger partial charge in [0.25, 0.3) is 0 Å². The maximum absolute atomic E-state index is 9.89. The summed E-state index contributed by atoms with van der Waals surface area (Å²) in [5, 5.41) is 9.89. The zero-order valence-electron chi connectivity index (χ0n) is 8.55. The zero-order chi connectivity index (χ0) is 10.7. The van der Waals surface area contributed by atoms with Crippen LogP contribution in [0, 0.1) is 6.92 Å². The molecular weight excluding hydrogens is 240 g/mol. The van der Waals surface area contributed by atoms with E-state index in [-0.39, 0.29) is 0 Å². The van der Waals surface area contributed by atoms with E-state index in [4.69, 9.17) is 0 Å². The molecule has 0 saturated heterocycles. The van der Waals surface area contributed by atoms with Gasteiger partial charge < -0.3 is 5.11 Å². The Hall–Kier alpha value is -0.600. The first-order valence-corrected chi connectivity index (χ1v) is 5.38. The van der Waals surface area contributed by atoms with E-state index in [1.807, 2.05) is 32.0 Å². The van der Waals surface area contributed by atoms with Crippen molar-refractivity contribution in [3.05, 3.63) is 46.0 Å². The van der Waals surface area contributed by atoms with Gasteiger partial charge in [0.15, 0.2) is 0 Å². The number of hydrogen-bond acceptors (Lipinski definition) is 1. The van der Waals surface area contributed by atoms with E-state index in [2.05, 4.69) is 22.5 Å². The monoisotopic (exact) mass is 254 g/mol. The lowest BCUT2D eigenvalue weighted by Crippen LogP contribution is -2.00. The second kappa shape index (κ2) is 4.76. The third-order valence-corrected chi connectivity index (χ3v) is 2.63. The molecule has 14 heavy (non-hydrogen) atoms. The van der Waals surface area contributed by atoms with Gasteiger partial charge in [-0.1, -0.05) is 27.6 Å². The first-order valence-electron chi connectivity index (χ1n) is 4.59. The predicted molar refractivity (Wildman–Crippen MR) is 63.3 cm³/mol. The van der Waals surface area contributed by atoms with Gasteiger partial charge in [0.1, 0.15) is 0 Å². The van der Waals surface area contributed by atoms with Gasteiger partial charge in [-0.05, 0) is 43.5 Å². The predicted octanol–water partition coefficient (Wildman–Crippen LogP) is 3.76. The van der Waals surface area contributed by atoms with Crippen molar-refractivity contribution in [2.75, 3.05) is 0 Å². The van der Waals surface area contributed by atoms with E-state index in [1.165, 1.54) is 0 Å². The minimum atomic E-state index is -0.430. The molecule has 1 atom stereocenters. The Morgan fingerprint density at radius 2 is 2.21 bits per heavy atom. The van der Waals surface area contributed by atoms with E-state index in [9.17, 15) is 5.11 Å². The van der Waals surface area contributed by atoms with Crippen LogP contribution in [0.4, 0.5) is 0 Å². The highest BCUT2D eigenvalue weighted by Gasteiger charge is 2.10. The average molecular weight is 255 g/mol. The third kappa shape index (κ3) is 2.96. The zero-order valence-corrected chi connectivity index (χ0v) is 10.1. The number of hydrogen-bond donors (Lipinski definition) is 1. The summed E-state index contributed by atoms with van der Waals surface area (Å²) < 4.78 is 1.04. The fourth-order valence-electron chi connectivity index (χ4n) is 1.45. The normalized spacial score (nSPS) is 12.6. The molecule has 0 bridgehead atoms. The molecule has 0 saturated carbocycles. The molecule has 0 amide bonds. The van der Waals surface area contributed by atoms with Crippen LogP contribution in [-0.2, 0) is 0 Å². The van der Waals surface area contributed by atoms with Crippen LogP contribution in [0.1, 0.15) is 30.6 Å². The number of aliphatic hydroxyl groups excluding tert-OH is 1. The molecule has 1 unspecified atom stereocenters. The second-order valence-electron chi connectivity index (χ2n) is 3.68. The van der Waals surface area contributed by atoms with Crippen LogP contribution in [0.25, 0.3) is 0 Å². The maximum atomic E-state index is 9.89. The minimum Gasteiger partial charge on any atom is -0.388 e. The SMILES string of the molecule is C=C(C)CC(O)c1ccc(Br)cc1C. The van der Waals surface area contributed by atoms with Crippen LogP contribution in [0.2, 0.25) is 0 Å². The summed E-state index contributed by atoms with van der Waals surface area (Å²) in [6.45, 7) is 7.73. The average Bonchev–Trinajstić information content (AvgIpc) is 2.01. The van der Waals surface area contributed by atoms with Gasteiger partial charge in [0.2, 0.25) is 0 Å². The molecule has 0 spiro atoms. The molecule has 1 aromatic rings. The molecule has 0 aromatic heterocycles. The van der Waals surface area contributed by atoms with Gasteiger partial charge in [-0.3, -0.25) is 0 Å². The number of aliphatic hydroxyl groups is 1. The van der Waals surface area contributed by atoms with Crippen LogP contribution in [0.15, 0.2) is 34.8 Å². The Kier molecular flexibility index (Phi) is 3.90. The number of halogens is 1. The van der Waals surface area contributed by atoms with Crippen LogP contribution >= 0.6 is 15.9 Å². The van der Waals surface area contributed by atoms with E-state index >= 15 is 0 Å². The topological polar surface area (TPSA) is 20.2 Å². The molecule has 1 nitrogen and oxygen atoms in total. The summed E-state index contributed by atoms with van der Waals surface area (Å²) in [5.41, 5.74) is 3.09. The molecule has 1 rings (SSSR count). The van der Waals surface area contributed by atoms with Crippen LogP contribution < -0.4 is 0 Å². The lowest BCUT2D eigenvalue weighted by molar-refractivity contribution is 0.177. The van der Waals surface area contributed by atoms with Gasteiger partial charge in [-0.25, -0.2) is 0 Å². The molecular formula is C12H15BrO. The highest BCUT2D eigenvalue weighted by molar-refractivity contribution is 9.10. The molecule has 2 heteroatoms. The van der Waals surface area contributed by atoms with E-state index in [0.29, 0.717) is 6.42 Å². The van der Waals surface area contributed by atoms with Crippen molar-refractivity contribution in [3.63, 3.8) is 0 Å². The van der Waals surface area contributed by atoms with Gasteiger partial charge in [-0.2, -0.15) is 0 Å². The lowest BCUT2D eigenvalue weighted by atomic mass is 9.99. The van der Waals surface area contributed by atoms with Crippen LogP contribution in [0.5, 0.6) is 0 Å². The highest BCUT2D eigenvalue weighted by atomic mass is 79.9. The summed E-state index contributed by atoms with van der Waals surface area (Å²) in [5.74, 6) is 0. The fraction of sp³-hybridized carbons (Fsp3) is 0.333. The Morgan fingerprint density at radius 1 is 1.57 bits per heavy atom. The minimum absolute atomic E-state index is 0.430. The van der Waals surface area contributed by atoms with Crippen molar-refractivity contribution >= 4 is 15.9 Å². The fourth-order valence-corrected chi connectivity index (χ4v) is 1.93.